The third-order valence-electron chi connectivity index (χ3n) is 4.85. The Morgan fingerprint density at radius 3 is 3.00 bits per heavy atom. The Labute approximate surface area is 159 Å². The molecule has 7 nitrogen and oxygen atoms in total. The van der Waals surface area contributed by atoms with Crippen molar-refractivity contribution >= 4 is 44.5 Å². The van der Waals surface area contributed by atoms with E-state index in [-0.39, 0.29) is 11.6 Å². The van der Waals surface area contributed by atoms with Gasteiger partial charge in [0.2, 0.25) is 0 Å². The molecule has 27 heavy (non-hydrogen) atoms. The van der Waals surface area contributed by atoms with Crippen molar-refractivity contribution in [3.63, 3.8) is 0 Å². The molecule has 1 amide bonds. The first-order chi connectivity index (χ1) is 12.9. The van der Waals surface area contributed by atoms with Gasteiger partial charge in [0.15, 0.2) is 0 Å². The Morgan fingerprint density at radius 1 is 1.41 bits per heavy atom. The maximum absolute atomic E-state index is 12.7. The Hall–Kier alpha value is -3.00. The van der Waals surface area contributed by atoms with Crippen LogP contribution in [0.15, 0.2) is 30.3 Å². The molecular weight excluding hydrogens is 364 g/mol. The number of amides is 1. The molecule has 0 saturated heterocycles. The van der Waals surface area contributed by atoms with Gasteiger partial charge in [0.05, 0.1) is 10.6 Å². The lowest BCUT2D eigenvalue weighted by Gasteiger charge is -2.20. The van der Waals surface area contributed by atoms with Crippen molar-refractivity contribution in [1.29, 1.82) is 0 Å². The van der Waals surface area contributed by atoms with Crippen LogP contribution in [0.4, 0.5) is 17.1 Å². The predicted octanol–water partition coefficient (Wildman–Crippen LogP) is 4.16. The topological polar surface area (TPSA) is 111 Å². The Kier molecular flexibility index (Phi) is 4.27. The number of fused-ring (bicyclic) bond motifs is 2. The maximum atomic E-state index is 12.7. The number of nitro benzene ring substituents is 1. The van der Waals surface area contributed by atoms with E-state index in [2.05, 4.69) is 18.3 Å². The first-order valence-electron chi connectivity index (χ1n) is 8.69. The summed E-state index contributed by atoms with van der Waals surface area (Å²) >= 11 is 1.25. The van der Waals surface area contributed by atoms with Gasteiger partial charge in [-0.3, -0.25) is 14.9 Å². The number of carbonyl (C=O) groups is 1. The molecule has 1 unspecified atom stereocenters. The summed E-state index contributed by atoms with van der Waals surface area (Å²) in [6.07, 6.45) is 3.04. The number of carbonyl (C=O) groups excluding carboxylic acids is 1. The van der Waals surface area contributed by atoms with Gasteiger partial charge >= 0.3 is 0 Å². The molecule has 4 rings (SSSR count). The number of nitrogens with two attached hydrogens (primary N) is 1. The summed E-state index contributed by atoms with van der Waals surface area (Å²) < 4.78 is 0. The number of aromatic nitrogens is 1. The zero-order valence-corrected chi connectivity index (χ0v) is 15.5. The summed E-state index contributed by atoms with van der Waals surface area (Å²) in [4.78, 5) is 28.9. The summed E-state index contributed by atoms with van der Waals surface area (Å²) in [7, 11) is 0. The van der Waals surface area contributed by atoms with Crippen LogP contribution < -0.4 is 11.1 Å². The maximum Gasteiger partial charge on any atom is 0.271 e. The lowest BCUT2D eigenvalue weighted by Crippen LogP contribution is -2.13. The van der Waals surface area contributed by atoms with Gasteiger partial charge in [-0.1, -0.05) is 13.0 Å². The number of thiophene rings is 1. The van der Waals surface area contributed by atoms with Crippen LogP contribution in [0.3, 0.4) is 0 Å². The van der Waals surface area contributed by atoms with Gasteiger partial charge in [0.1, 0.15) is 9.71 Å². The molecule has 3 aromatic rings. The number of nitrogens with zero attached hydrogens (tertiary/aromatic N) is 2. The highest BCUT2D eigenvalue weighted by Crippen LogP contribution is 2.36. The minimum absolute atomic E-state index is 0.0828. The van der Waals surface area contributed by atoms with Crippen LogP contribution >= 0.6 is 11.3 Å². The Bertz CT molecular complexity index is 1080. The van der Waals surface area contributed by atoms with Crippen molar-refractivity contribution in [3.8, 4) is 0 Å². The zero-order chi connectivity index (χ0) is 19.1. The summed E-state index contributed by atoms with van der Waals surface area (Å²) in [5.74, 6) is 0.232. The van der Waals surface area contributed by atoms with Crippen LogP contribution in [-0.2, 0) is 12.8 Å². The van der Waals surface area contributed by atoms with Gasteiger partial charge in [-0.25, -0.2) is 4.98 Å². The van der Waals surface area contributed by atoms with Gasteiger partial charge in [-0.15, -0.1) is 11.3 Å². The van der Waals surface area contributed by atoms with Gasteiger partial charge in [0.25, 0.3) is 11.6 Å². The lowest BCUT2D eigenvalue weighted by molar-refractivity contribution is -0.384. The minimum Gasteiger partial charge on any atom is -0.397 e. The average molecular weight is 382 g/mol. The van der Waals surface area contributed by atoms with Gasteiger partial charge in [-0.2, -0.15) is 0 Å². The molecule has 1 aromatic carbocycles. The van der Waals surface area contributed by atoms with Gasteiger partial charge in [-0.05, 0) is 42.9 Å². The molecule has 0 fully saturated rings. The average Bonchev–Trinajstić information content (AvgIpc) is 2.96. The second kappa shape index (κ2) is 6.62. The van der Waals surface area contributed by atoms with E-state index in [0.29, 0.717) is 22.2 Å². The van der Waals surface area contributed by atoms with E-state index < -0.39 is 4.92 Å². The van der Waals surface area contributed by atoms with E-state index in [1.807, 2.05) is 0 Å². The number of nitrogens with one attached hydrogen (secondary N) is 1. The number of hydrogen-bond acceptors (Lipinski definition) is 6. The molecule has 0 bridgehead atoms. The molecule has 138 valence electrons. The van der Waals surface area contributed by atoms with Crippen LogP contribution in [0, 0.1) is 16.0 Å². The third kappa shape index (κ3) is 3.23. The van der Waals surface area contributed by atoms with Crippen LogP contribution in [0.25, 0.3) is 10.2 Å². The fourth-order valence-electron chi connectivity index (χ4n) is 3.43. The van der Waals surface area contributed by atoms with Crippen molar-refractivity contribution in [3.05, 3.63) is 56.6 Å². The molecule has 8 heteroatoms. The second-order valence-electron chi connectivity index (χ2n) is 6.90. The Morgan fingerprint density at radius 2 is 2.22 bits per heavy atom. The van der Waals surface area contributed by atoms with Crippen molar-refractivity contribution in [2.24, 2.45) is 5.92 Å². The number of benzene rings is 1. The number of hydrogen-bond donors (Lipinski definition) is 2. The van der Waals surface area contributed by atoms with E-state index >= 15 is 0 Å². The lowest BCUT2D eigenvalue weighted by atomic mass is 9.87. The number of aryl methyl sites for hydroxylation is 1. The van der Waals surface area contributed by atoms with Gasteiger partial charge < -0.3 is 11.1 Å². The minimum atomic E-state index is -0.501. The molecule has 1 aliphatic rings. The Balaban J connectivity index is 1.67. The standard InChI is InChI=1S/C19H18N4O3S/c1-10-5-6-15-11(7-10)8-14-16(20)17(27-19(14)22-15)18(24)21-12-3-2-4-13(9-12)23(25)26/h2-4,8-10H,5-7,20H2,1H3,(H,21,24). The SMILES string of the molecule is CC1CCc2nc3sc(C(=O)Nc4cccc([N+](=O)[O-])c4)c(N)c3cc2C1. The van der Waals surface area contributed by atoms with Crippen LogP contribution in [0.5, 0.6) is 0 Å². The highest BCUT2D eigenvalue weighted by Gasteiger charge is 2.22. The molecule has 2 aromatic heterocycles. The van der Waals surface area contributed by atoms with E-state index in [1.165, 1.54) is 35.1 Å². The van der Waals surface area contributed by atoms with Crippen molar-refractivity contribution in [2.75, 3.05) is 11.1 Å². The zero-order valence-electron chi connectivity index (χ0n) is 14.7. The second-order valence-corrected chi connectivity index (χ2v) is 7.90. The van der Waals surface area contributed by atoms with E-state index in [1.54, 1.807) is 6.07 Å². The first kappa shape index (κ1) is 17.4. The molecule has 1 aliphatic carbocycles. The smallest absolute Gasteiger partial charge is 0.271 e. The van der Waals surface area contributed by atoms with Crippen LogP contribution in [-0.4, -0.2) is 15.8 Å². The number of nitrogen functional groups attached to an aromatic ring is 1. The predicted molar refractivity (Wildman–Crippen MR) is 106 cm³/mol. The molecule has 0 spiro atoms. The van der Waals surface area contributed by atoms with Gasteiger partial charge in [0, 0.05) is 28.9 Å². The number of rotatable bonds is 3. The molecule has 2 heterocycles. The normalized spacial score (nSPS) is 16.1. The largest absolute Gasteiger partial charge is 0.397 e. The van der Waals surface area contributed by atoms with Crippen molar-refractivity contribution in [1.82, 2.24) is 4.98 Å². The van der Waals surface area contributed by atoms with E-state index in [9.17, 15) is 14.9 Å². The van der Waals surface area contributed by atoms with E-state index in [4.69, 9.17) is 10.7 Å². The first-order valence-corrected chi connectivity index (χ1v) is 9.50. The summed E-state index contributed by atoms with van der Waals surface area (Å²) in [6, 6.07) is 7.88. The van der Waals surface area contributed by atoms with E-state index in [0.717, 1.165) is 35.2 Å². The number of anilines is 2. The van der Waals surface area contributed by atoms with Crippen molar-refractivity contribution in [2.45, 2.75) is 26.2 Å². The van der Waals surface area contributed by atoms with Crippen LogP contribution in [0.1, 0.15) is 34.3 Å². The molecule has 1 atom stereocenters. The molecule has 0 saturated carbocycles. The number of nitro groups is 1. The summed E-state index contributed by atoms with van der Waals surface area (Å²) in [5, 5.41) is 14.4. The molecule has 0 radical (unpaired) electrons. The fourth-order valence-corrected chi connectivity index (χ4v) is 4.42. The summed E-state index contributed by atoms with van der Waals surface area (Å²) in [5.41, 5.74) is 9.22. The number of pyridine rings is 1. The monoisotopic (exact) mass is 382 g/mol. The molecular formula is C19H18N4O3S. The molecule has 3 N–H and O–H groups in total. The third-order valence-corrected chi connectivity index (χ3v) is 5.97. The highest BCUT2D eigenvalue weighted by atomic mass is 32.1. The highest BCUT2D eigenvalue weighted by molar-refractivity contribution is 7.21. The van der Waals surface area contributed by atoms with Crippen LogP contribution in [0.2, 0.25) is 0 Å². The van der Waals surface area contributed by atoms with Crippen molar-refractivity contribution < 1.29 is 9.72 Å². The summed E-state index contributed by atoms with van der Waals surface area (Å²) in [6.45, 7) is 2.22. The quantitative estimate of drug-likeness (QED) is 0.522. The number of non-ortho nitro benzene ring substituents is 1. The molecule has 0 aliphatic heterocycles. The fraction of sp³-hybridized carbons (Fsp3) is 0.263.